The smallest absolute Gasteiger partial charge is 0.410 e. The Labute approximate surface area is 165 Å². The van der Waals surface area contributed by atoms with Crippen molar-refractivity contribution in [2.75, 3.05) is 26.2 Å². The molecule has 8 heteroatoms. The van der Waals surface area contributed by atoms with Crippen LogP contribution in [-0.4, -0.2) is 73.3 Å². The molecule has 0 spiro atoms. The van der Waals surface area contributed by atoms with Crippen molar-refractivity contribution in [3.63, 3.8) is 0 Å². The molecule has 0 aromatic carbocycles. The van der Waals surface area contributed by atoms with Gasteiger partial charge in [-0.25, -0.2) is 9.59 Å². The molecular weight excluding hydrogens is 364 g/mol. The maximum atomic E-state index is 12.8. The van der Waals surface area contributed by atoms with Gasteiger partial charge in [-0.05, 0) is 51.7 Å². The lowest BCUT2D eigenvalue weighted by Crippen LogP contribution is -2.54. The number of carboxylic acid groups (broad SMARTS) is 1. The van der Waals surface area contributed by atoms with Gasteiger partial charge in [0, 0.05) is 19.6 Å². The van der Waals surface area contributed by atoms with Gasteiger partial charge in [0.2, 0.25) is 0 Å². The van der Waals surface area contributed by atoms with E-state index in [9.17, 15) is 14.7 Å². The number of ether oxygens (including phenoxy) is 1. The Morgan fingerprint density at radius 2 is 1.78 bits per heavy atom. The Morgan fingerprint density at radius 1 is 1.19 bits per heavy atom. The van der Waals surface area contributed by atoms with Crippen molar-refractivity contribution in [3.05, 3.63) is 0 Å². The van der Waals surface area contributed by atoms with Gasteiger partial charge >= 0.3 is 12.2 Å². The Bertz CT molecular complexity index is 525. The zero-order chi connectivity index (χ0) is 21.0. The number of hydrogen-bond donors (Lipinski definition) is 1. The van der Waals surface area contributed by atoms with Crippen LogP contribution < -0.4 is 0 Å². The highest BCUT2D eigenvalue weighted by Crippen LogP contribution is 2.36. The summed E-state index contributed by atoms with van der Waals surface area (Å²) in [5.74, 6) is 0. The van der Waals surface area contributed by atoms with Gasteiger partial charge in [-0.3, -0.25) is 0 Å². The van der Waals surface area contributed by atoms with Gasteiger partial charge in [0.15, 0.2) is 8.32 Å². The summed E-state index contributed by atoms with van der Waals surface area (Å²) in [6.45, 7) is 18.0. The largest absolute Gasteiger partial charge is 0.465 e. The summed E-state index contributed by atoms with van der Waals surface area (Å²) in [5.41, 5.74) is -0.600. The minimum atomic E-state index is -1.92. The van der Waals surface area contributed by atoms with Crippen molar-refractivity contribution in [1.29, 1.82) is 0 Å². The predicted octanol–water partition coefficient (Wildman–Crippen LogP) is 4.39. The molecule has 0 bridgehead atoms. The summed E-state index contributed by atoms with van der Waals surface area (Å²) >= 11 is 0. The molecule has 7 nitrogen and oxygen atoms in total. The fourth-order valence-corrected chi connectivity index (χ4v) is 3.78. The average molecular weight is 403 g/mol. The van der Waals surface area contributed by atoms with Crippen LogP contribution in [-0.2, 0) is 9.16 Å². The predicted molar refractivity (Wildman–Crippen MR) is 109 cm³/mol. The van der Waals surface area contributed by atoms with E-state index in [1.54, 1.807) is 4.90 Å². The topological polar surface area (TPSA) is 79.3 Å². The third-order valence-electron chi connectivity index (χ3n) is 5.34. The van der Waals surface area contributed by atoms with E-state index in [1.807, 2.05) is 20.8 Å². The molecule has 0 radical (unpaired) electrons. The van der Waals surface area contributed by atoms with Gasteiger partial charge in [-0.2, -0.15) is 0 Å². The van der Waals surface area contributed by atoms with E-state index < -0.39 is 26.1 Å². The highest BCUT2D eigenvalue weighted by atomic mass is 28.4. The first-order valence-corrected chi connectivity index (χ1v) is 12.7. The van der Waals surface area contributed by atoms with Crippen LogP contribution >= 0.6 is 0 Å². The van der Waals surface area contributed by atoms with E-state index >= 15 is 0 Å². The first-order valence-electron chi connectivity index (χ1n) is 9.75. The number of carbonyl (C=O) groups excluding carboxylic acids is 1. The average Bonchev–Trinajstić information content (AvgIpc) is 2.48. The summed E-state index contributed by atoms with van der Waals surface area (Å²) in [6.07, 6.45) is 0.155. The van der Waals surface area contributed by atoms with Gasteiger partial charge in [0.1, 0.15) is 5.60 Å². The zero-order valence-electron chi connectivity index (χ0n) is 18.3. The normalized spacial score (nSPS) is 19.0. The minimum absolute atomic E-state index is 0.0920. The van der Waals surface area contributed by atoms with Crippen molar-refractivity contribution in [2.24, 2.45) is 0 Å². The molecule has 158 valence electrons. The maximum absolute atomic E-state index is 12.8. The number of nitrogens with zero attached hydrogens (tertiary/aromatic N) is 2. The van der Waals surface area contributed by atoms with Crippen molar-refractivity contribution in [2.45, 2.75) is 84.2 Å². The molecule has 1 aliphatic heterocycles. The van der Waals surface area contributed by atoms with Gasteiger partial charge in [0.05, 0.1) is 12.6 Å². The monoisotopic (exact) mass is 402 g/mol. The Hall–Kier alpha value is -1.28. The molecule has 0 aliphatic carbocycles. The van der Waals surface area contributed by atoms with E-state index in [2.05, 4.69) is 33.9 Å². The molecule has 0 aromatic heterocycles. The van der Waals surface area contributed by atoms with E-state index in [1.165, 1.54) is 4.90 Å². The number of hydrogen-bond acceptors (Lipinski definition) is 4. The van der Waals surface area contributed by atoms with Crippen LogP contribution in [0.4, 0.5) is 9.59 Å². The van der Waals surface area contributed by atoms with Crippen LogP contribution in [0.15, 0.2) is 0 Å². The molecule has 1 rings (SSSR count). The van der Waals surface area contributed by atoms with E-state index in [0.29, 0.717) is 26.2 Å². The molecule has 1 saturated heterocycles. The molecular formula is C19H38N2O5Si. The summed E-state index contributed by atoms with van der Waals surface area (Å²) in [4.78, 5) is 27.2. The molecule has 0 saturated carbocycles. The molecule has 1 fully saturated rings. The second-order valence-electron chi connectivity index (χ2n) is 9.81. The maximum Gasteiger partial charge on any atom is 0.410 e. The van der Waals surface area contributed by atoms with Gasteiger partial charge in [-0.15, -0.1) is 0 Å². The van der Waals surface area contributed by atoms with Crippen LogP contribution in [0, 0.1) is 0 Å². The number of piperidine rings is 1. The molecule has 0 unspecified atom stereocenters. The summed E-state index contributed by atoms with van der Waals surface area (Å²) < 4.78 is 11.8. The standard InChI is InChI=1S/C19H38N2O5Si/c1-18(2,3)26-17(24)21(12-13-25-27(7,8)19(4,5)6)15-10-9-11-20(14-15)16(22)23/h15H,9-14H2,1-8H3,(H,22,23)/t15-/m0/s1. The molecule has 1 atom stereocenters. The van der Waals surface area contributed by atoms with Crippen LogP contribution in [0.2, 0.25) is 18.1 Å². The SMILES string of the molecule is CC(C)(C)OC(=O)N(CCO[Si](C)(C)C(C)(C)C)[C@H]1CCCN(C(=O)O)C1. The number of rotatable bonds is 5. The summed E-state index contributed by atoms with van der Waals surface area (Å²) in [7, 11) is -1.92. The van der Waals surface area contributed by atoms with Crippen LogP contribution in [0.5, 0.6) is 0 Å². The van der Waals surface area contributed by atoms with Gasteiger partial charge in [0.25, 0.3) is 0 Å². The fourth-order valence-electron chi connectivity index (χ4n) is 2.74. The van der Waals surface area contributed by atoms with Gasteiger partial charge in [-0.1, -0.05) is 20.8 Å². The first-order chi connectivity index (χ1) is 12.1. The molecule has 2 amide bonds. The van der Waals surface area contributed by atoms with Crippen LogP contribution in [0.1, 0.15) is 54.4 Å². The van der Waals surface area contributed by atoms with E-state index in [0.717, 1.165) is 12.8 Å². The molecule has 1 heterocycles. The van der Waals surface area contributed by atoms with Crippen LogP contribution in [0.25, 0.3) is 0 Å². The second-order valence-corrected chi connectivity index (χ2v) is 14.6. The zero-order valence-corrected chi connectivity index (χ0v) is 19.3. The third-order valence-corrected chi connectivity index (χ3v) is 9.88. The van der Waals surface area contributed by atoms with Crippen molar-refractivity contribution in [1.82, 2.24) is 9.80 Å². The molecule has 1 N–H and O–H groups in total. The number of carbonyl (C=O) groups is 2. The molecule has 27 heavy (non-hydrogen) atoms. The number of amides is 2. The van der Waals surface area contributed by atoms with Gasteiger partial charge < -0.3 is 24.1 Å². The van der Waals surface area contributed by atoms with Crippen LogP contribution in [0.3, 0.4) is 0 Å². The Balaban J connectivity index is 2.85. The lowest BCUT2D eigenvalue weighted by atomic mass is 10.0. The van der Waals surface area contributed by atoms with Crippen molar-refractivity contribution in [3.8, 4) is 0 Å². The quantitative estimate of drug-likeness (QED) is 0.690. The molecule has 1 aliphatic rings. The summed E-state index contributed by atoms with van der Waals surface area (Å²) in [6, 6.07) is -0.187. The second kappa shape index (κ2) is 8.81. The first kappa shape index (κ1) is 23.8. The highest BCUT2D eigenvalue weighted by molar-refractivity contribution is 6.74. The lowest BCUT2D eigenvalue weighted by Gasteiger charge is -2.40. The summed E-state index contributed by atoms with van der Waals surface area (Å²) in [5, 5.41) is 9.40. The minimum Gasteiger partial charge on any atom is -0.465 e. The van der Waals surface area contributed by atoms with E-state index in [-0.39, 0.29) is 11.1 Å². The third kappa shape index (κ3) is 7.33. The fraction of sp³-hybridized carbons (Fsp3) is 0.895. The van der Waals surface area contributed by atoms with Crippen molar-refractivity contribution < 1.29 is 23.9 Å². The Kier molecular flexibility index (Phi) is 7.75. The lowest BCUT2D eigenvalue weighted by molar-refractivity contribution is 0.00334. The number of likely N-dealkylation sites (tertiary alicyclic amines) is 1. The molecule has 0 aromatic rings. The van der Waals surface area contributed by atoms with Crippen molar-refractivity contribution >= 4 is 20.5 Å². The van der Waals surface area contributed by atoms with E-state index in [4.69, 9.17) is 9.16 Å². The highest BCUT2D eigenvalue weighted by Gasteiger charge is 2.38. The Morgan fingerprint density at radius 3 is 2.26 bits per heavy atom.